The van der Waals surface area contributed by atoms with Crippen LogP contribution < -0.4 is 11.5 Å². The van der Waals surface area contributed by atoms with Crippen molar-refractivity contribution in [2.75, 3.05) is 5.75 Å². The molecule has 174 valence electrons. The molecule has 0 aromatic heterocycles. The van der Waals surface area contributed by atoms with Gasteiger partial charge >= 0.3 is 0 Å². The van der Waals surface area contributed by atoms with Gasteiger partial charge in [-0.1, -0.05) is 82.8 Å². The van der Waals surface area contributed by atoms with Crippen LogP contribution in [0.2, 0.25) is 0 Å². The summed E-state index contributed by atoms with van der Waals surface area (Å²) in [7, 11) is 0. The smallest absolute Gasteiger partial charge is 0.227 e. The van der Waals surface area contributed by atoms with E-state index in [0.717, 1.165) is 25.7 Å². The SMILES string of the molecule is CCCCCCCCCCCCC/C=C1\CC[C@@H](CC(N)=O)[C@H](O)[C@H]1SCC(N)=O. The van der Waals surface area contributed by atoms with E-state index >= 15 is 0 Å². The van der Waals surface area contributed by atoms with E-state index in [2.05, 4.69) is 13.0 Å². The maximum atomic E-state index is 11.3. The highest BCUT2D eigenvalue weighted by atomic mass is 32.2. The van der Waals surface area contributed by atoms with Crippen LogP contribution in [0.25, 0.3) is 0 Å². The number of amides is 2. The minimum absolute atomic E-state index is 0.132. The molecular weight excluding hydrogens is 396 g/mol. The van der Waals surface area contributed by atoms with Crippen LogP contribution in [0.3, 0.4) is 0 Å². The van der Waals surface area contributed by atoms with Crippen molar-refractivity contribution >= 4 is 23.6 Å². The molecule has 0 heterocycles. The van der Waals surface area contributed by atoms with Gasteiger partial charge in [-0.05, 0) is 31.6 Å². The molecule has 2 amide bonds. The molecule has 6 heteroatoms. The first-order chi connectivity index (χ1) is 14.5. The Labute approximate surface area is 187 Å². The summed E-state index contributed by atoms with van der Waals surface area (Å²) >= 11 is 1.39. The fourth-order valence-electron chi connectivity index (χ4n) is 4.30. The summed E-state index contributed by atoms with van der Waals surface area (Å²) in [6.45, 7) is 2.26. The molecule has 0 aromatic rings. The van der Waals surface area contributed by atoms with Gasteiger partial charge in [0, 0.05) is 6.42 Å². The molecule has 1 fully saturated rings. The first kappa shape index (κ1) is 27.0. The van der Waals surface area contributed by atoms with Gasteiger partial charge in [0.25, 0.3) is 0 Å². The zero-order valence-electron chi connectivity index (χ0n) is 18.9. The molecule has 0 radical (unpaired) electrons. The Bertz CT molecular complexity index is 525. The van der Waals surface area contributed by atoms with Crippen LogP contribution in [0.4, 0.5) is 0 Å². The highest BCUT2D eigenvalue weighted by molar-refractivity contribution is 8.00. The Hall–Kier alpha value is -1.01. The van der Waals surface area contributed by atoms with Crippen LogP contribution in [0.15, 0.2) is 11.6 Å². The Morgan fingerprint density at radius 1 is 0.967 bits per heavy atom. The fraction of sp³-hybridized carbons (Fsp3) is 0.833. The normalized spacial score (nSPS) is 23.0. The van der Waals surface area contributed by atoms with Crippen molar-refractivity contribution in [1.29, 1.82) is 0 Å². The fourth-order valence-corrected chi connectivity index (χ4v) is 5.50. The van der Waals surface area contributed by atoms with Crippen LogP contribution in [0.5, 0.6) is 0 Å². The zero-order valence-corrected chi connectivity index (χ0v) is 19.8. The summed E-state index contributed by atoms with van der Waals surface area (Å²) in [5.74, 6) is -0.715. The van der Waals surface area contributed by atoms with E-state index in [1.54, 1.807) is 0 Å². The van der Waals surface area contributed by atoms with Gasteiger partial charge in [-0.15, -0.1) is 11.8 Å². The minimum Gasteiger partial charge on any atom is -0.391 e. The van der Waals surface area contributed by atoms with Gasteiger partial charge in [-0.25, -0.2) is 0 Å². The Balaban J connectivity index is 2.30. The third-order valence-electron chi connectivity index (χ3n) is 6.05. The van der Waals surface area contributed by atoms with Gasteiger partial charge in [0.15, 0.2) is 0 Å². The summed E-state index contributed by atoms with van der Waals surface area (Å²) < 4.78 is 0. The van der Waals surface area contributed by atoms with Gasteiger partial charge in [0.2, 0.25) is 11.8 Å². The molecule has 0 bridgehead atoms. The monoisotopic (exact) mass is 440 g/mol. The lowest BCUT2D eigenvalue weighted by molar-refractivity contribution is -0.120. The van der Waals surface area contributed by atoms with Gasteiger partial charge in [-0.2, -0.15) is 0 Å². The third kappa shape index (κ3) is 12.0. The molecule has 0 aliphatic heterocycles. The summed E-state index contributed by atoms with van der Waals surface area (Å²) in [4.78, 5) is 22.5. The van der Waals surface area contributed by atoms with E-state index in [1.165, 1.54) is 81.5 Å². The van der Waals surface area contributed by atoms with E-state index in [0.29, 0.717) is 0 Å². The predicted molar refractivity (Wildman–Crippen MR) is 127 cm³/mol. The molecule has 1 aliphatic rings. The van der Waals surface area contributed by atoms with E-state index in [4.69, 9.17) is 11.5 Å². The predicted octanol–water partition coefficient (Wildman–Crippen LogP) is 4.85. The molecule has 1 saturated carbocycles. The highest BCUT2D eigenvalue weighted by Crippen LogP contribution is 2.38. The van der Waals surface area contributed by atoms with Gasteiger partial charge in [0.05, 0.1) is 17.1 Å². The summed E-state index contributed by atoms with van der Waals surface area (Å²) in [5.41, 5.74) is 11.8. The van der Waals surface area contributed by atoms with Crippen molar-refractivity contribution < 1.29 is 14.7 Å². The lowest BCUT2D eigenvalue weighted by Crippen LogP contribution is -2.40. The number of thioether (sulfide) groups is 1. The minimum atomic E-state index is -0.654. The molecule has 30 heavy (non-hydrogen) atoms. The van der Waals surface area contributed by atoms with Crippen LogP contribution >= 0.6 is 11.8 Å². The maximum absolute atomic E-state index is 11.3. The molecule has 1 rings (SSSR count). The molecule has 0 unspecified atom stereocenters. The second kappa shape index (κ2) is 16.7. The number of unbranched alkanes of at least 4 members (excludes halogenated alkanes) is 11. The quantitative estimate of drug-likeness (QED) is 0.222. The number of carbonyl (C=O) groups is 2. The van der Waals surface area contributed by atoms with Crippen LogP contribution in [0, 0.1) is 5.92 Å². The van der Waals surface area contributed by atoms with Gasteiger partial charge in [0.1, 0.15) is 0 Å². The molecule has 0 aromatic carbocycles. The lowest BCUT2D eigenvalue weighted by Gasteiger charge is -2.36. The summed E-state index contributed by atoms with van der Waals surface area (Å²) in [6, 6.07) is 0. The number of hydrogen-bond donors (Lipinski definition) is 3. The van der Waals surface area contributed by atoms with Crippen molar-refractivity contribution in [3.63, 3.8) is 0 Å². The van der Waals surface area contributed by atoms with Crippen molar-refractivity contribution in [3.8, 4) is 0 Å². The van der Waals surface area contributed by atoms with Crippen LogP contribution in [-0.4, -0.2) is 34.0 Å². The lowest BCUT2D eigenvalue weighted by atomic mass is 9.80. The number of carbonyl (C=O) groups excluding carboxylic acids is 2. The summed E-state index contributed by atoms with van der Waals surface area (Å²) in [6.07, 6.45) is 19.0. The summed E-state index contributed by atoms with van der Waals surface area (Å²) in [5, 5.41) is 10.6. The molecule has 5 nitrogen and oxygen atoms in total. The van der Waals surface area contributed by atoms with Crippen molar-refractivity contribution in [2.24, 2.45) is 17.4 Å². The Kier molecular flexibility index (Phi) is 15.0. The van der Waals surface area contributed by atoms with Crippen LogP contribution in [0.1, 0.15) is 103 Å². The average molecular weight is 441 g/mol. The van der Waals surface area contributed by atoms with Gasteiger partial charge in [-0.3, -0.25) is 9.59 Å². The Morgan fingerprint density at radius 2 is 1.53 bits per heavy atom. The number of allylic oxidation sites excluding steroid dienone is 1. The molecule has 0 saturated heterocycles. The molecule has 5 N–H and O–H groups in total. The first-order valence-corrected chi connectivity index (χ1v) is 13.1. The highest BCUT2D eigenvalue weighted by Gasteiger charge is 2.35. The van der Waals surface area contributed by atoms with E-state index in [9.17, 15) is 14.7 Å². The number of hydrogen-bond acceptors (Lipinski definition) is 4. The number of rotatable bonds is 17. The molecule has 3 atom stereocenters. The third-order valence-corrected chi connectivity index (χ3v) is 7.44. The standard InChI is InChI=1S/C24H44N2O3S/c1-2-3-4-5-6-7-8-9-10-11-12-13-14-19-15-16-20(17-21(25)27)23(29)24(19)30-18-22(26)28/h14,20,23-24,29H,2-13,15-18H2,1H3,(H2,25,27)(H2,26,28)/b19-14+/t20-,23-,24-/m0/s1. The van der Waals surface area contributed by atoms with Crippen molar-refractivity contribution in [3.05, 3.63) is 11.6 Å². The Morgan fingerprint density at radius 3 is 2.07 bits per heavy atom. The number of nitrogens with two attached hydrogens (primary N) is 2. The number of aliphatic hydroxyl groups is 1. The molecule has 0 spiro atoms. The molecule has 1 aliphatic carbocycles. The zero-order chi connectivity index (χ0) is 22.2. The van der Waals surface area contributed by atoms with Crippen molar-refractivity contribution in [2.45, 2.75) is 115 Å². The van der Waals surface area contributed by atoms with Crippen molar-refractivity contribution in [1.82, 2.24) is 0 Å². The second-order valence-corrected chi connectivity index (χ2v) is 9.89. The van der Waals surface area contributed by atoms with Crippen LogP contribution in [-0.2, 0) is 9.59 Å². The molecular formula is C24H44N2O3S. The number of primary amides is 2. The van der Waals surface area contributed by atoms with E-state index in [-0.39, 0.29) is 35.2 Å². The average Bonchev–Trinajstić information content (AvgIpc) is 2.69. The largest absolute Gasteiger partial charge is 0.391 e. The topological polar surface area (TPSA) is 106 Å². The van der Waals surface area contributed by atoms with E-state index < -0.39 is 6.10 Å². The first-order valence-electron chi connectivity index (χ1n) is 12.0. The maximum Gasteiger partial charge on any atom is 0.227 e. The van der Waals surface area contributed by atoms with E-state index in [1.807, 2.05) is 0 Å². The number of aliphatic hydroxyl groups excluding tert-OH is 1. The second-order valence-electron chi connectivity index (χ2n) is 8.76. The van der Waals surface area contributed by atoms with Gasteiger partial charge < -0.3 is 16.6 Å².